The summed E-state index contributed by atoms with van der Waals surface area (Å²) in [5, 5.41) is 0. The summed E-state index contributed by atoms with van der Waals surface area (Å²) in [6, 6.07) is 6.93. The van der Waals surface area contributed by atoms with Crippen LogP contribution in [-0.4, -0.2) is 12.7 Å². The summed E-state index contributed by atoms with van der Waals surface area (Å²) in [6.07, 6.45) is 1.97. The Bertz CT molecular complexity index is 1010. The molecule has 6 heteroatoms. The van der Waals surface area contributed by atoms with Crippen LogP contribution in [0.4, 0.5) is 22.0 Å². The van der Waals surface area contributed by atoms with Crippen molar-refractivity contribution in [2.24, 2.45) is 11.8 Å². The predicted octanol–water partition coefficient (Wildman–Crippen LogP) is 7.47. The van der Waals surface area contributed by atoms with Gasteiger partial charge in [-0.2, -0.15) is 13.2 Å². The second-order valence-corrected chi connectivity index (χ2v) is 9.11. The first kappa shape index (κ1) is 23.8. The monoisotopic (exact) mass is 462 g/mol. The van der Waals surface area contributed by atoms with E-state index in [1.54, 1.807) is 0 Å². The minimum atomic E-state index is -4.44. The van der Waals surface area contributed by atoms with Crippen LogP contribution in [0.2, 0.25) is 0 Å². The Kier molecular flexibility index (Phi) is 7.09. The molecule has 4 atom stereocenters. The van der Waals surface area contributed by atoms with Gasteiger partial charge in [-0.15, -0.1) is 0 Å². The highest BCUT2D eigenvalue weighted by Gasteiger charge is 2.36. The van der Waals surface area contributed by atoms with E-state index in [2.05, 4.69) is 11.8 Å². The third-order valence-electron chi connectivity index (χ3n) is 7.05. The van der Waals surface area contributed by atoms with Crippen LogP contribution in [0.25, 0.3) is 0 Å². The maximum atomic E-state index is 14.8. The molecular weight excluding hydrogens is 435 g/mol. The summed E-state index contributed by atoms with van der Waals surface area (Å²) in [6.45, 7) is 2.75. The van der Waals surface area contributed by atoms with Crippen molar-refractivity contribution in [1.82, 2.24) is 0 Å². The van der Waals surface area contributed by atoms with Crippen LogP contribution in [0.5, 0.6) is 0 Å². The number of halogens is 5. The third-order valence-corrected chi connectivity index (χ3v) is 7.05. The van der Waals surface area contributed by atoms with Crippen molar-refractivity contribution >= 4 is 0 Å². The Labute approximate surface area is 191 Å². The molecule has 1 nitrogen and oxygen atoms in total. The van der Waals surface area contributed by atoms with E-state index >= 15 is 0 Å². The molecule has 4 unspecified atom stereocenters. The predicted molar refractivity (Wildman–Crippen MR) is 117 cm³/mol. The summed E-state index contributed by atoms with van der Waals surface area (Å²) >= 11 is 0. The molecule has 0 amide bonds. The lowest BCUT2D eigenvalue weighted by Gasteiger charge is -2.42. The minimum Gasteiger partial charge on any atom is -0.378 e. The van der Waals surface area contributed by atoms with Gasteiger partial charge >= 0.3 is 6.18 Å². The standard InChI is InChI=1S/C27H27F5O/c1-2-33-23-11-8-18-13-19(6-7-20(18)14-23)21-15-25(28)24(26(29)16-21)12-5-17-3-9-22(10-4-17)27(30,31)32/h3-4,9-10,15-16,18-20,23H,2,6-8,11,13-14H2,1H3. The summed E-state index contributed by atoms with van der Waals surface area (Å²) in [5.74, 6) is 4.86. The fourth-order valence-corrected chi connectivity index (χ4v) is 5.36. The van der Waals surface area contributed by atoms with E-state index in [4.69, 9.17) is 4.74 Å². The molecule has 0 spiro atoms. The van der Waals surface area contributed by atoms with Crippen molar-refractivity contribution in [3.63, 3.8) is 0 Å². The first-order chi connectivity index (χ1) is 15.7. The third kappa shape index (κ3) is 5.58. The first-order valence-corrected chi connectivity index (χ1v) is 11.5. The Balaban J connectivity index is 1.46. The number of ether oxygens (including phenoxy) is 1. The molecular formula is C27H27F5O. The van der Waals surface area contributed by atoms with Crippen LogP contribution in [0.15, 0.2) is 36.4 Å². The molecule has 2 aromatic rings. The van der Waals surface area contributed by atoms with Gasteiger partial charge in [-0.3, -0.25) is 0 Å². The number of hydrogen-bond donors (Lipinski definition) is 0. The SMILES string of the molecule is CCOC1CCC2CC(c3cc(F)c(C#Cc4ccc(C(F)(F)F)cc4)c(F)c3)CCC2C1. The van der Waals surface area contributed by atoms with Crippen LogP contribution in [-0.2, 0) is 10.9 Å². The highest BCUT2D eigenvalue weighted by Crippen LogP contribution is 2.47. The van der Waals surface area contributed by atoms with Gasteiger partial charge in [-0.05, 0) is 105 Å². The largest absolute Gasteiger partial charge is 0.416 e. The number of hydrogen-bond acceptors (Lipinski definition) is 1. The van der Waals surface area contributed by atoms with Crippen LogP contribution in [0.3, 0.4) is 0 Å². The Morgan fingerprint density at radius 1 is 0.879 bits per heavy atom. The maximum absolute atomic E-state index is 14.8. The molecule has 0 aliphatic heterocycles. The first-order valence-electron chi connectivity index (χ1n) is 11.5. The van der Waals surface area contributed by atoms with Crippen LogP contribution >= 0.6 is 0 Å². The fourth-order valence-electron chi connectivity index (χ4n) is 5.36. The molecule has 0 bridgehead atoms. The van der Waals surface area contributed by atoms with Crippen LogP contribution in [0.1, 0.15) is 73.6 Å². The molecule has 33 heavy (non-hydrogen) atoms. The number of alkyl halides is 3. The second kappa shape index (κ2) is 9.85. The summed E-state index contributed by atoms with van der Waals surface area (Å²) in [7, 11) is 0. The molecule has 0 radical (unpaired) electrons. The number of fused-ring (bicyclic) bond motifs is 1. The number of rotatable bonds is 3. The lowest BCUT2D eigenvalue weighted by Crippen LogP contribution is -2.33. The second-order valence-electron chi connectivity index (χ2n) is 9.11. The highest BCUT2D eigenvalue weighted by molar-refractivity contribution is 5.46. The topological polar surface area (TPSA) is 9.23 Å². The van der Waals surface area contributed by atoms with Gasteiger partial charge in [-0.25, -0.2) is 8.78 Å². The van der Waals surface area contributed by atoms with E-state index in [0.29, 0.717) is 23.5 Å². The molecule has 2 aliphatic carbocycles. The van der Waals surface area contributed by atoms with Crippen molar-refractivity contribution in [3.05, 3.63) is 70.3 Å². The molecule has 2 aromatic carbocycles. The Morgan fingerprint density at radius 2 is 1.52 bits per heavy atom. The zero-order chi connectivity index (χ0) is 23.6. The minimum absolute atomic E-state index is 0.121. The Morgan fingerprint density at radius 3 is 2.15 bits per heavy atom. The van der Waals surface area contributed by atoms with Crippen molar-refractivity contribution in [3.8, 4) is 11.8 Å². The quantitative estimate of drug-likeness (QED) is 0.340. The number of benzene rings is 2. The van der Waals surface area contributed by atoms with Gasteiger partial charge in [0, 0.05) is 12.2 Å². The smallest absolute Gasteiger partial charge is 0.378 e. The molecule has 4 rings (SSSR count). The van der Waals surface area contributed by atoms with Gasteiger partial charge in [0.1, 0.15) is 11.6 Å². The van der Waals surface area contributed by atoms with Crippen molar-refractivity contribution < 1.29 is 26.7 Å². The van der Waals surface area contributed by atoms with Crippen molar-refractivity contribution in [2.75, 3.05) is 6.61 Å². The van der Waals surface area contributed by atoms with E-state index in [0.717, 1.165) is 57.3 Å². The average molecular weight is 463 g/mol. The molecule has 0 aromatic heterocycles. The van der Waals surface area contributed by atoms with Crippen LogP contribution in [0, 0.1) is 35.3 Å². The van der Waals surface area contributed by atoms with Gasteiger partial charge in [-0.1, -0.05) is 11.8 Å². The van der Waals surface area contributed by atoms with Crippen LogP contribution < -0.4 is 0 Å². The van der Waals surface area contributed by atoms with Gasteiger partial charge < -0.3 is 4.74 Å². The lowest BCUT2D eigenvalue weighted by molar-refractivity contribution is -0.137. The highest BCUT2D eigenvalue weighted by atomic mass is 19.4. The zero-order valence-corrected chi connectivity index (χ0v) is 18.5. The summed E-state index contributed by atoms with van der Waals surface area (Å²) < 4.78 is 73.3. The summed E-state index contributed by atoms with van der Waals surface area (Å²) in [4.78, 5) is 0. The van der Waals surface area contributed by atoms with Gasteiger partial charge in [0.2, 0.25) is 0 Å². The van der Waals surface area contributed by atoms with E-state index < -0.39 is 23.4 Å². The zero-order valence-electron chi connectivity index (χ0n) is 18.5. The van der Waals surface area contributed by atoms with Crippen molar-refractivity contribution in [1.29, 1.82) is 0 Å². The molecule has 2 saturated carbocycles. The molecule has 176 valence electrons. The normalized spacial score (nSPS) is 25.2. The van der Waals surface area contributed by atoms with E-state index in [1.165, 1.54) is 24.3 Å². The Hall–Kier alpha value is -2.39. The molecule has 2 fully saturated rings. The average Bonchev–Trinajstić information content (AvgIpc) is 2.78. The maximum Gasteiger partial charge on any atom is 0.416 e. The molecule has 2 aliphatic rings. The molecule has 0 saturated heterocycles. The summed E-state index contributed by atoms with van der Waals surface area (Å²) in [5.41, 5.74) is -0.234. The fraction of sp³-hybridized carbons (Fsp3) is 0.481. The van der Waals surface area contributed by atoms with E-state index in [9.17, 15) is 22.0 Å². The van der Waals surface area contributed by atoms with E-state index in [-0.39, 0.29) is 17.0 Å². The van der Waals surface area contributed by atoms with E-state index in [1.807, 2.05) is 6.92 Å². The van der Waals surface area contributed by atoms with Crippen molar-refractivity contribution in [2.45, 2.75) is 63.6 Å². The molecule has 0 N–H and O–H groups in total. The van der Waals surface area contributed by atoms with Gasteiger partial charge in [0.25, 0.3) is 0 Å². The lowest BCUT2D eigenvalue weighted by atomic mass is 9.65. The van der Waals surface area contributed by atoms with Gasteiger partial charge in [0.05, 0.1) is 17.2 Å². The molecule has 0 heterocycles. The van der Waals surface area contributed by atoms with Gasteiger partial charge in [0.15, 0.2) is 0 Å².